The van der Waals surface area contributed by atoms with Crippen LogP contribution in [0, 0.1) is 21.7 Å². The number of hydrogen-bond acceptors (Lipinski definition) is 7. The van der Waals surface area contributed by atoms with Gasteiger partial charge in [-0.05, 0) is 24.0 Å². The van der Waals surface area contributed by atoms with Crippen LogP contribution in [0.2, 0.25) is 0 Å². The molecule has 12 heteroatoms. The lowest BCUT2D eigenvalue weighted by atomic mass is 10.2. The molecule has 0 saturated heterocycles. The Balaban J connectivity index is 2.04. The molecule has 0 aliphatic rings. The molecule has 23 heavy (non-hydrogen) atoms. The van der Waals surface area contributed by atoms with Gasteiger partial charge < -0.3 is 10.1 Å². The first-order chi connectivity index (χ1) is 10.9. The third-order valence-corrected chi connectivity index (χ3v) is 2.51. The van der Waals surface area contributed by atoms with Gasteiger partial charge >= 0.3 is 5.95 Å². The predicted octanol–water partition coefficient (Wildman–Crippen LogP) is 0.665. The summed E-state index contributed by atoms with van der Waals surface area (Å²) in [7, 11) is 0. The maximum atomic E-state index is 13.4. The van der Waals surface area contributed by atoms with Crippen LogP contribution in [0.15, 0.2) is 23.3 Å². The quantitative estimate of drug-likeness (QED) is 0.488. The lowest BCUT2D eigenvalue weighted by Crippen LogP contribution is -2.23. The maximum absolute atomic E-state index is 13.4. The zero-order chi connectivity index (χ0) is 17.0. The van der Waals surface area contributed by atoms with Crippen molar-refractivity contribution in [2.24, 2.45) is 5.10 Å². The Morgan fingerprint density at radius 3 is 2.65 bits per heavy atom. The number of nitro groups is 1. The molecule has 0 aliphatic carbocycles. The molecule has 0 spiro atoms. The van der Waals surface area contributed by atoms with Crippen molar-refractivity contribution in [3.05, 3.63) is 45.5 Å². The van der Waals surface area contributed by atoms with E-state index in [1.807, 2.05) is 5.43 Å². The van der Waals surface area contributed by atoms with Gasteiger partial charge in [0.2, 0.25) is 0 Å². The van der Waals surface area contributed by atoms with E-state index in [9.17, 15) is 23.7 Å². The molecule has 0 unspecified atom stereocenters. The van der Waals surface area contributed by atoms with Gasteiger partial charge in [0.1, 0.15) is 23.7 Å². The lowest BCUT2D eigenvalue weighted by Gasteiger charge is -2.03. The smallest absolute Gasteiger partial charge is 0.390 e. The Bertz CT molecular complexity index is 769. The Morgan fingerprint density at radius 2 is 2.09 bits per heavy atom. The summed E-state index contributed by atoms with van der Waals surface area (Å²) in [5, 5.41) is 24.1. The molecule has 0 fully saturated rings. The first-order valence-electron chi connectivity index (χ1n) is 6.08. The van der Waals surface area contributed by atoms with Crippen LogP contribution in [0.5, 0.6) is 0 Å². The number of hydrogen-bond donors (Lipinski definition) is 1. The molecule has 0 aliphatic heterocycles. The Labute approximate surface area is 126 Å². The molecule has 2 rings (SSSR count). The molecule has 1 aromatic heterocycles. The van der Waals surface area contributed by atoms with Crippen LogP contribution in [-0.2, 0) is 6.54 Å². The number of aromatic nitrogens is 4. The van der Waals surface area contributed by atoms with Crippen LogP contribution in [0.3, 0.4) is 0 Å². The number of nitrogens with one attached hydrogen (secondary N) is 1. The fourth-order valence-electron chi connectivity index (χ4n) is 1.53. The van der Waals surface area contributed by atoms with Gasteiger partial charge in [-0.25, -0.2) is 14.2 Å². The molecule has 10 nitrogen and oxygen atoms in total. The van der Waals surface area contributed by atoms with Crippen molar-refractivity contribution in [2.45, 2.75) is 13.5 Å². The van der Waals surface area contributed by atoms with E-state index >= 15 is 0 Å². The molecule has 1 amide bonds. The summed E-state index contributed by atoms with van der Waals surface area (Å²) in [6.45, 7) is 1.34. The molecule has 0 atom stereocenters. The zero-order valence-corrected chi connectivity index (χ0v) is 11.6. The summed E-state index contributed by atoms with van der Waals surface area (Å²) in [4.78, 5) is 22.2. The van der Waals surface area contributed by atoms with Crippen molar-refractivity contribution in [3.63, 3.8) is 0 Å². The second kappa shape index (κ2) is 6.64. The van der Waals surface area contributed by atoms with E-state index in [0.717, 1.165) is 23.0 Å². The van der Waals surface area contributed by atoms with E-state index in [4.69, 9.17) is 0 Å². The van der Waals surface area contributed by atoms with Crippen molar-refractivity contribution in [1.82, 2.24) is 25.6 Å². The number of carbonyl (C=O) groups excluding carboxylic acids is 1. The Kier molecular flexibility index (Phi) is 4.64. The molecular weight excluding hydrogens is 316 g/mol. The first kappa shape index (κ1) is 16.1. The monoisotopic (exact) mass is 325 g/mol. The van der Waals surface area contributed by atoms with Gasteiger partial charge in [-0.2, -0.15) is 5.10 Å². The van der Waals surface area contributed by atoms with E-state index in [1.165, 1.54) is 6.92 Å². The average Bonchev–Trinajstić information content (AvgIpc) is 2.93. The summed E-state index contributed by atoms with van der Waals surface area (Å²) < 4.78 is 26.8. The summed E-state index contributed by atoms with van der Waals surface area (Å²) >= 11 is 0. The van der Waals surface area contributed by atoms with Gasteiger partial charge in [0.05, 0.1) is 15.9 Å². The molecule has 0 saturated carbocycles. The minimum Gasteiger partial charge on any atom is -0.390 e. The van der Waals surface area contributed by atoms with E-state index in [1.54, 1.807) is 0 Å². The van der Waals surface area contributed by atoms with E-state index in [2.05, 4.69) is 20.5 Å². The van der Waals surface area contributed by atoms with Crippen molar-refractivity contribution in [3.8, 4) is 0 Å². The number of halogens is 2. The number of carbonyl (C=O) groups is 1. The third kappa shape index (κ3) is 3.87. The van der Waals surface area contributed by atoms with Gasteiger partial charge in [-0.1, -0.05) is 10.9 Å². The maximum Gasteiger partial charge on any atom is 0.514 e. The summed E-state index contributed by atoms with van der Waals surface area (Å²) in [5.74, 6) is -3.81. The molecule has 2 aromatic rings. The number of tetrazole rings is 1. The normalized spacial score (nSPS) is 11.3. The second-order valence-corrected chi connectivity index (χ2v) is 4.26. The van der Waals surface area contributed by atoms with Crippen molar-refractivity contribution < 1.29 is 18.5 Å². The summed E-state index contributed by atoms with van der Waals surface area (Å²) in [5.41, 5.74) is 1.44. The lowest BCUT2D eigenvalue weighted by molar-refractivity contribution is -0.394. The molecule has 1 aromatic carbocycles. The number of nitrogens with zero attached hydrogens (tertiary/aromatic N) is 6. The van der Waals surface area contributed by atoms with Crippen molar-refractivity contribution in [1.29, 1.82) is 0 Å². The number of rotatable bonds is 5. The zero-order valence-electron chi connectivity index (χ0n) is 11.6. The Morgan fingerprint density at radius 1 is 1.43 bits per heavy atom. The topological polar surface area (TPSA) is 128 Å². The first-order valence-corrected chi connectivity index (χ1v) is 6.08. The molecule has 0 bridgehead atoms. The van der Waals surface area contributed by atoms with Crippen LogP contribution in [0.25, 0.3) is 0 Å². The minimum absolute atomic E-state index is 0.110. The highest BCUT2D eigenvalue weighted by molar-refractivity contribution is 5.95. The molecule has 120 valence electrons. The van der Waals surface area contributed by atoms with Crippen LogP contribution < -0.4 is 5.43 Å². The molecule has 1 N–H and O–H groups in total. The van der Waals surface area contributed by atoms with E-state index in [0.29, 0.717) is 0 Å². The Hall–Kier alpha value is -3.31. The van der Waals surface area contributed by atoms with E-state index in [-0.39, 0.29) is 12.3 Å². The number of benzene rings is 1. The standard InChI is InChI=1S/C11H9F2N7O3/c1-6(5-19-17-11(16-18-19)20(22)23)14-15-10(21)9-7(12)3-2-4-8(9)13/h2-4H,5H2,1H3,(H,15,21)/b14-6+. The van der Waals surface area contributed by atoms with Gasteiger partial charge in [0, 0.05) is 5.21 Å². The third-order valence-electron chi connectivity index (χ3n) is 2.51. The highest BCUT2D eigenvalue weighted by Crippen LogP contribution is 2.11. The summed E-state index contributed by atoms with van der Waals surface area (Å²) in [6.07, 6.45) is 0. The van der Waals surface area contributed by atoms with Crippen molar-refractivity contribution in [2.75, 3.05) is 0 Å². The number of hydrazone groups is 1. The highest BCUT2D eigenvalue weighted by Gasteiger charge is 2.17. The molecule has 0 radical (unpaired) electrons. The SMILES string of the molecule is C/C(Cn1nnc([N+](=O)[O-])n1)=N\NC(=O)c1c(F)cccc1F. The van der Waals surface area contributed by atoms with Crippen LogP contribution in [0.1, 0.15) is 17.3 Å². The van der Waals surface area contributed by atoms with Crippen LogP contribution >= 0.6 is 0 Å². The van der Waals surface area contributed by atoms with Gasteiger partial charge in [0.25, 0.3) is 5.91 Å². The van der Waals surface area contributed by atoms with E-state index < -0.39 is 34.0 Å². The summed E-state index contributed by atoms with van der Waals surface area (Å²) in [6, 6.07) is 3.00. The van der Waals surface area contributed by atoms with Crippen LogP contribution in [-0.4, -0.2) is 36.7 Å². The average molecular weight is 325 g/mol. The minimum atomic E-state index is -1.07. The molecular formula is C11H9F2N7O3. The van der Waals surface area contributed by atoms with Gasteiger partial charge in [-0.15, -0.1) is 0 Å². The fourth-order valence-corrected chi connectivity index (χ4v) is 1.53. The second-order valence-electron chi connectivity index (χ2n) is 4.26. The predicted molar refractivity (Wildman–Crippen MR) is 71.4 cm³/mol. The molecule has 1 heterocycles. The van der Waals surface area contributed by atoms with Crippen LogP contribution in [0.4, 0.5) is 14.7 Å². The largest absolute Gasteiger partial charge is 0.514 e. The van der Waals surface area contributed by atoms with Gasteiger partial charge in [-0.3, -0.25) is 4.79 Å². The highest BCUT2D eigenvalue weighted by atomic mass is 19.1. The number of amides is 1. The fraction of sp³-hybridized carbons (Fsp3) is 0.182. The van der Waals surface area contributed by atoms with Gasteiger partial charge in [0.15, 0.2) is 0 Å². The van der Waals surface area contributed by atoms with Crippen molar-refractivity contribution >= 4 is 17.6 Å².